The lowest BCUT2D eigenvalue weighted by Gasteiger charge is -2.32. The molecule has 1 aromatic heterocycles. The highest BCUT2D eigenvalue weighted by Gasteiger charge is 2.24. The second-order valence-electron chi connectivity index (χ2n) is 6.83. The van der Waals surface area contributed by atoms with Crippen molar-refractivity contribution in [2.45, 2.75) is 25.4 Å². The van der Waals surface area contributed by atoms with Crippen LogP contribution < -0.4 is 4.74 Å². The highest BCUT2D eigenvalue weighted by Crippen LogP contribution is 2.26. The summed E-state index contributed by atoms with van der Waals surface area (Å²) in [5.74, 6) is 0.974. The number of hydrogen-bond donors (Lipinski definition) is 0. The fourth-order valence-electron chi connectivity index (χ4n) is 3.46. The number of amides is 1. The Labute approximate surface area is 163 Å². The number of para-hydroxylation sites is 1. The third-order valence-electron chi connectivity index (χ3n) is 4.95. The van der Waals surface area contributed by atoms with Gasteiger partial charge in [0.2, 0.25) is 5.91 Å². The minimum atomic E-state index is 0.109. The largest absolute Gasteiger partial charge is 0.488 e. The summed E-state index contributed by atoms with van der Waals surface area (Å²) in [7, 11) is 0. The van der Waals surface area contributed by atoms with Crippen LogP contribution in [0.1, 0.15) is 18.4 Å². The number of halogens is 1. The van der Waals surface area contributed by atoms with Gasteiger partial charge in [-0.1, -0.05) is 41.9 Å². The van der Waals surface area contributed by atoms with Gasteiger partial charge < -0.3 is 9.64 Å². The van der Waals surface area contributed by atoms with E-state index in [-0.39, 0.29) is 12.0 Å². The van der Waals surface area contributed by atoms with Crippen molar-refractivity contribution in [3.8, 4) is 5.75 Å². The van der Waals surface area contributed by atoms with E-state index in [2.05, 4.69) is 4.98 Å². The standard InChI is InChI=1S/C22H21ClN2O2/c23-18-8-6-16(7-9-18)15-21(26)25-13-10-19(11-14-25)27-20-5-1-3-17-4-2-12-24-22(17)20/h1-9,12,19H,10-11,13-15H2. The maximum absolute atomic E-state index is 12.5. The van der Waals surface area contributed by atoms with Crippen molar-refractivity contribution >= 4 is 28.4 Å². The van der Waals surface area contributed by atoms with Crippen molar-refractivity contribution < 1.29 is 9.53 Å². The number of nitrogens with zero attached hydrogens (tertiary/aromatic N) is 2. The van der Waals surface area contributed by atoms with Gasteiger partial charge >= 0.3 is 0 Å². The van der Waals surface area contributed by atoms with Gasteiger partial charge in [-0.15, -0.1) is 0 Å². The normalized spacial score (nSPS) is 15.1. The summed E-state index contributed by atoms with van der Waals surface area (Å²) >= 11 is 5.90. The van der Waals surface area contributed by atoms with Gasteiger partial charge in [-0.25, -0.2) is 0 Å². The Kier molecular flexibility index (Phi) is 5.26. The molecule has 0 radical (unpaired) electrons. The van der Waals surface area contributed by atoms with E-state index < -0.39 is 0 Å². The summed E-state index contributed by atoms with van der Waals surface area (Å²) in [6.07, 6.45) is 3.96. The molecule has 0 bridgehead atoms. The molecule has 27 heavy (non-hydrogen) atoms. The van der Waals surface area contributed by atoms with Gasteiger partial charge in [0.15, 0.2) is 0 Å². The average molecular weight is 381 g/mol. The zero-order valence-corrected chi connectivity index (χ0v) is 15.7. The second-order valence-corrected chi connectivity index (χ2v) is 7.27. The summed E-state index contributed by atoms with van der Waals surface area (Å²) in [5.41, 5.74) is 1.88. The first kappa shape index (κ1) is 17.8. The number of piperidine rings is 1. The first-order valence-electron chi connectivity index (χ1n) is 9.22. The molecule has 2 heterocycles. The van der Waals surface area contributed by atoms with E-state index in [4.69, 9.17) is 16.3 Å². The number of benzene rings is 2. The van der Waals surface area contributed by atoms with E-state index >= 15 is 0 Å². The van der Waals surface area contributed by atoms with Crippen LogP contribution in [0.4, 0.5) is 0 Å². The third-order valence-corrected chi connectivity index (χ3v) is 5.20. The van der Waals surface area contributed by atoms with Crippen LogP contribution in [0.3, 0.4) is 0 Å². The predicted molar refractivity (Wildman–Crippen MR) is 107 cm³/mol. The molecule has 1 fully saturated rings. The molecule has 0 unspecified atom stereocenters. The van der Waals surface area contributed by atoms with Crippen LogP contribution in [0, 0.1) is 0 Å². The van der Waals surface area contributed by atoms with Crippen molar-refractivity contribution in [3.63, 3.8) is 0 Å². The van der Waals surface area contributed by atoms with E-state index in [0.717, 1.165) is 48.1 Å². The Morgan fingerprint density at radius 3 is 2.59 bits per heavy atom. The predicted octanol–water partition coefficient (Wildman–Crippen LogP) is 4.50. The number of rotatable bonds is 4. The molecule has 1 aliphatic rings. The molecule has 4 nitrogen and oxygen atoms in total. The lowest BCUT2D eigenvalue weighted by molar-refractivity contribution is -0.132. The monoisotopic (exact) mass is 380 g/mol. The Hall–Kier alpha value is -2.59. The number of fused-ring (bicyclic) bond motifs is 1. The van der Waals surface area contributed by atoms with Crippen molar-refractivity contribution in [2.24, 2.45) is 0 Å². The number of aromatic nitrogens is 1. The number of carbonyl (C=O) groups excluding carboxylic acids is 1. The molecule has 0 N–H and O–H groups in total. The maximum atomic E-state index is 12.5. The molecule has 138 valence electrons. The second kappa shape index (κ2) is 7.97. The smallest absolute Gasteiger partial charge is 0.226 e. The van der Waals surface area contributed by atoms with E-state index in [1.165, 1.54) is 0 Å². The van der Waals surface area contributed by atoms with Gasteiger partial charge in [-0.3, -0.25) is 9.78 Å². The van der Waals surface area contributed by atoms with E-state index in [1.54, 1.807) is 6.20 Å². The van der Waals surface area contributed by atoms with Gasteiger partial charge in [0.25, 0.3) is 0 Å². The highest BCUT2D eigenvalue weighted by atomic mass is 35.5. The van der Waals surface area contributed by atoms with Gasteiger partial charge in [-0.2, -0.15) is 0 Å². The topological polar surface area (TPSA) is 42.4 Å². The molecule has 2 aromatic carbocycles. The number of likely N-dealkylation sites (tertiary alicyclic amines) is 1. The summed E-state index contributed by atoms with van der Waals surface area (Å²) in [4.78, 5) is 18.9. The molecule has 0 atom stereocenters. The van der Waals surface area contributed by atoms with Crippen LogP contribution in [0.5, 0.6) is 5.75 Å². The highest BCUT2D eigenvalue weighted by molar-refractivity contribution is 6.30. The number of ether oxygens (including phenoxy) is 1. The van der Waals surface area contributed by atoms with E-state index in [1.807, 2.05) is 59.5 Å². The third kappa shape index (κ3) is 4.22. The number of hydrogen-bond acceptors (Lipinski definition) is 3. The summed E-state index contributed by atoms with van der Waals surface area (Å²) in [5, 5.41) is 1.76. The molecule has 5 heteroatoms. The van der Waals surface area contributed by atoms with Crippen LogP contribution >= 0.6 is 11.6 Å². The van der Waals surface area contributed by atoms with Crippen LogP contribution in [-0.4, -0.2) is 35.0 Å². The molecule has 0 aliphatic carbocycles. The number of pyridine rings is 1. The molecule has 4 rings (SSSR count). The number of carbonyl (C=O) groups is 1. The first-order valence-corrected chi connectivity index (χ1v) is 9.59. The fourth-order valence-corrected chi connectivity index (χ4v) is 3.59. The Bertz CT molecular complexity index is 929. The Balaban J connectivity index is 1.34. The molecule has 0 saturated carbocycles. The Morgan fingerprint density at radius 1 is 1.07 bits per heavy atom. The Morgan fingerprint density at radius 2 is 1.81 bits per heavy atom. The lowest BCUT2D eigenvalue weighted by atomic mass is 10.1. The molecule has 3 aromatic rings. The molecule has 1 saturated heterocycles. The summed E-state index contributed by atoms with van der Waals surface area (Å²) in [6.45, 7) is 1.44. The fraction of sp³-hybridized carbons (Fsp3) is 0.273. The van der Waals surface area contributed by atoms with E-state index in [0.29, 0.717) is 11.4 Å². The zero-order valence-electron chi connectivity index (χ0n) is 15.0. The zero-order chi connectivity index (χ0) is 18.6. The molecule has 1 aliphatic heterocycles. The first-order chi connectivity index (χ1) is 13.2. The van der Waals surface area contributed by atoms with Crippen molar-refractivity contribution in [1.82, 2.24) is 9.88 Å². The quantitative estimate of drug-likeness (QED) is 0.669. The van der Waals surface area contributed by atoms with E-state index in [9.17, 15) is 4.79 Å². The van der Waals surface area contributed by atoms with Gasteiger partial charge in [0.05, 0.1) is 6.42 Å². The molecule has 1 amide bonds. The van der Waals surface area contributed by atoms with Crippen LogP contribution in [0.25, 0.3) is 10.9 Å². The average Bonchev–Trinajstić information content (AvgIpc) is 2.70. The minimum Gasteiger partial charge on any atom is -0.488 e. The van der Waals surface area contributed by atoms with Crippen LogP contribution in [0.15, 0.2) is 60.8 Å². The molecular weight excluding hydrogens is 360 g/mol. The lowest BCUT2D eigenvalue weighted by Crippen LogP contribution is -2.42. The maximum Gasteiger partial charge on any atom is 0.226 e. The van der Waals surface area contributed by atoms with Crippen molar-refractivity contribution in [3.05, 3.63) is 71.4 Å². The SMILES string of the molecule is O=C(Cc1ccc(Cl)cc1)N1CCC(Oc2cccc3cccnc23)CC1. The van der Waals surface area contributed by atoms with Crippen LogP contribution in [0.2, 0.25) is 5.02 Å². The molecular formula is C22H21ClN2O2. The minimum absolute atomic E-state index is 0.109. The van der Waals surface area contributed by atoms with Gasteiger partial charge in [-0.05, 0) is 29.8 Å². The van der Waals surface area contributed by atoms with Gasteiger partial charge in [0, 0.05) is 42.5 Å². The summed E-state index contributed by atoms with van der Waals surface area (Å²) in [6, 6.07) is 17.4. The van der Waals surface area contributed by atoms with Crippen molar-refractivity contribution in [1.29, 1.82) is 0 Å². The van der Waals surface area contributed by atoms with Crippen molar-refractivity contribution in [2.75, 3.05) is 13.1 Å². The van der Waals surface area contributed by atoms with Crippen LogP contribution in [-0.2, 0) is 11.2 Å². The molecule has 0 spiro atoms. The van der Waals surface area contributed by atoms with Gasteiger partial charge in [0.1, 0.15) is 17.4 Å². The summed E-state index contributed by atoms with van der Waals surface area (Å²) < 4.78 is 6.21.